The molecule has 0 atom stereocenters. The highest BCUT2D eigenvalue weighted by molar-refractivity contribution is 5.98. The number of nitrogens with one attached hydrogen (secondary N) is 1. The average Bonchev–Trinajstić information content (AvgIpc) is 2.82. The summed E-state index contributed by atoms with van der Waals surface area (Å²) < 4.78 is 21.1. The normalized spacial score (nSPS) is 10.2. The molecule has 0 amide bonds. The highest BCUT2D eigenvalue weighted by Gasteiger charge is 2.16. The number of hydrogen-bond acceptors (Lipinski definition) is 9. The van der Waals surface area contributed by atoms with Gasteiger partial charge >= 0.3 is 11.9 Å². The van der Waals surface area contributed by atoms with Crippen molar-refractivity contribution in [2.75, 3.05) is 26.1 Å². The van der Waals surface area contributed by atoms with Gasteiger partial charge in [0, 0.05) is 31.0 Å². The molecular weight excluding hydrogens is 426 g/mol. The summed E-state index contributed by atoms with van der Waals surface area (Å²) in [6.07, 6.45) is 2.20. The molecule has 0 saturated heterocycles. The molecule has 170 valence electrons. The van der Waals surface area contributed by atoms with Crippen LogP contribution in [0.15, 0.2) is 42.6 Å². The van der Waals surface area contributed by atoms with Crippen molar-refractivity contribution in [1.82, 2.24) is 4.98 Å². The highest BCUT2D eigenvalue weighted by Crippen LogP contribution is 2.38. The van der Waals surface area contributed by atoms with Crippen LogP contribution < -0.4 is 19.5 Å². The lowest BCUT2D eigenvalue weighted by atomic mass is 10.1. The molecule has 3 aromatic rings. The van der Waals surface area contributed by atoms with Crippen molar-refractivity contribution in [3.05, 3.63) is 48.2 Å². The number of carbonyl (C=O) groups excluding carboxylic acids is 2. The van der Waals surface area contributed by atoms with E-state index in [2.05, 4.69) is 21.1 Å². The molecule has 0 aliphatic carbocycles. The minimum Gasteiger partial charge on any atom is -0.493 e. The number of esters is 2. The first-order valence-electron chi connectivity index (χ1n) is 10.1. The minimum absolute atomic E-state index is 0.213. The van der Waals surface area contributed by atoms with Gasteiger partial charge < -0.3 is 24.3 Å². The van der Waals surface area contributed by atoms with Crippen molar-refractivity contribution in [3.63, 3.8) is 0 Å². The van der Waals surface area contributed by atoms with E-state index >= 15 is 0 Å². The van der Waals surface area contributed by atoms with E-state index in [1.54, 1.807) is 24.3 Å². The molecule has 0 bridgehead atoms. The van der Waals surface area contributed by atoms with Gasteiger partial charge in [0.1, 0.15) is 11.8 Å². The van der Waals surface area contributed by atoms with E-state index in [1.165, 1.54) is 27.3 Å². The Morgan fingerprint density at radius 1 is 1.12 bits per heavy atom. The van der Waals surface area contributed by atoms with Crippen molar-refractivity contribution in [3.8, 4) is 23.3 Å². The van der Waals surface area contributed by atoms with Gasteiger partial charge in [0.15, 0.2) is 11.5 Å². The van der Waals surface area contributed by atoms with Crippen LogP contribution in [0.3, 0.4) is 0 Å². The van der Waals surface area contributed by atoms with E-state index in [1.807, 2.05) is 12.1 Å². The first-order valence-corrected chi connectivity index (χ1v) is 10.1. The summed E-state index contributed by atoms with van der Waals surface area (Å²) in [7, 11) is 2.81. The summed E-state index contributed by atoms with van der Waals surface area (Å²) in [6, 6.07) is 12.6. The molecule has 1 aromatic heterocycles. The minimum atomic E-state index is -0.503. The van der Waals surface area contributed by atoms with Crippen molar-refractivity contribution < 1.29 is 28.5 Å². The van der Waals surface area contributed by atoms with E-state index in [0.717, 1.165) is 0 Å². The third-order valence-corrected chi connectivity index (χ3v) is 4.68. The first-order chi connectivity index (χ1) is 16.0. The SMILES string of the molecule is COC(=O)CCCOc1ccccc1Nc1c(C#N)cnc2cc(OC)c(OC(C)=O)cc12. The maximum Gasteiger partial charge on any atom is 0.308 e. The largest absolute Gasteiger partial charge is 0.493 e. The van der Waals surface area contributed by atoms with Crippen LogP contribution in [0.5, 0.6) is 17.2 Å². The number of nitriles is 1. The molecular formula is C24H23N3O6. The molecule has 9 nitrogen and oxygen atoms in total. The Bertz CT molecular complexity index is 1220. The van der Waals surface area contributed by atoms with E-state index in [0.29, 0.717) is 52.4 Å². The summed E-state index contributed by atoms with van der Waals surface area (Å²) in [5, 5.41) is 13.5. The summed E-state index contributed by atoms with van der Waals surface area (Å²) in [5.74, 6) is 0.299. The number of anilines is 2. The monoisotopic (exact) mass is 449 g/mol. The van der Waals surface area contributed by atoms with Gasteiger partial charge in [-0.2, -0.15) is 5.26 Å². The Kier molecular flexibility index (Phi) is 7.65. The molecule has 1 N–H and O–H groups in total. The van der Waals surface area contributed by atoms with E-state index in [-0.39, 0.29) is 18.1 Å². The number of pyridine rings is 1. The Labute approximate surface area is 190 Å². The molecule has 9 heteroatoms. The molecule has 3 rings (SSSR count). The molecule has 0 radical (unpaired) electrons. The molecule has 33 heavy (non-hydrogen) atoms. The Morgan fingerprint density at radius 2 is 1.91 bits per heavy atom. The van der Waals surface area contributed by atoms with Crippen LogP contribution in [0.2, 0.25) is 0 Å². The molecule has 2 aromatic carbocycles. The van der Waals surface area contributed by atoms with Crippen LogP contribution in [-0.2, 0) is 14.3 Å². The number of fused-ring (bicyclic) bond motifs is 1. The molecule has 0 aliphatic heterocycles. The number of rotatable bonds is 9. The van der Waals surface area contributed by atoms with Crippen LogP contribution in [0.25, 0.3) is 10.9 Å². The second-order valence-corrected chi connectivity index (χ2v) is 6.92. The van der Waals surface area contributed by atoms with Crippen molar-refractivity contribution >= 4 is 34.2 Å². The number of nitrogens with zero attached hydrogens (tertiary/aromatic N) is 2. The predicted molar refractivity (Wildman–Crippen MR) is 121 cm³/mol. The molecule has 1 heterocycles. The quantitative estimate of drug-likeness (QED) is 0.292. The molecule has 0 unspecified atom stereocenters. The van der Waals surface area contributed by atoms with Gasteiger partial charge in [0.25, 0.3) is 0 Å². The van der Waals surface area contributed by atoms with E-state index < -0.39 is 5.97 Å². The summed E-state index contributed by atoms with van der Waals surface area (Å²) in [5.41, 5.74) is 1.93. The van der Waals surface area contributed by atoms with Crippen LogP contribution >= 0.6 is 0 Å². The lowest BCUT2D eigenvalue weighted by Crippen LogP contribution is -2.06. The average molecular weight is 449 g/mol. The van der Waals surface area contributed by atoms with Gasteiger partial charge in [0.05, 0.1) is 43.3 Å². The number of benzene rings is 2. The predicted octanol–water partition coefficient (Wildman–Crippen LogP) is 4.12. The van der Waals surface area contributed by atoms with Gasteiger partial charge in [-0.25, -0.2) is 0 Å². The molecule has 0 spiro atoms. The molecule has 0 saturated carbocycles. The van der Waals surface area contributed by atoms with Gasteiger partial charge in [-0.3, -0.25) is 14.6 Å². The lowest BCUT2D eigenvalue weighted by Gasteiger charge is -2.17. The van der Waals surface area contributed by atoms with E-state index in [4.69, 9.17) is 14.2 Å². The third-order valence-electron chi connectivity index (χ3n) is 4.68. The third kappa shape index (κ3) is 5.68. The smallest absolute Gasteiger partial charge is 0.308 e. The topological polar surface area (TPSA) is 120 Å². The second kappa shape index (κ2) is 10.8. The number of methoxy groups -OCH3 is 2. The molecule has 0 fully saturated rings. The zero-order chi connectivity index (χ0) is 23.8. The van der Waals surface area contributed by atoms with Crippen LogP contribution in [0.1, 0.15) is 25.3 Å². The summed E-state index contributed by atoms with van der Waals surface area (Å²) in [6.45, 7) is 1.60. The van der Waals surface area contributed by atoms with Gasteiger partial charge in [-0.1, -0.05) is 12.1 Å². The first kappa shape index (κ1) is 23.3. The maximum atomic E-state index is 11.5. The highest BCUT2D eigenvalue weighted by atomic mass is 16.6. The Morgan fingerprint density at radius 3 is 2.61 bits per heavy atom. The van der Waals surface area contributed by atoms with Crippen LogP contribution in [0, 0.1) is 11.3 Å². The Hall–Kier alpha value is -4.32. The van der Waals surface area contributed by atoms with Gasteiger partial charge in [0.2, 0.25) is 0 Å². The number of ether oxygens (including phenoxy) is 4. The van der Waals surface area contributed by atoms with E-state index in [9.17, 15) is 14.9 Å². The number of aromatic nitrogens is 1. The fraction of sp³-hybridized carbons (Fsp3) is 0.250. The van der Waals surface area contributed by atoms with Crippen molar-refractivity contribution in [1.29, 1.82) is 5.26 Å². The second-order valence-electron chi connectivity index (χ2n) is 6.92. The number of carbonyl (C=O) groups is 2. The maximum absolute atomic E-state index is 11.5. The summed E-state index contributed by atoms with van der Waals surface area (Å²) >= 11 is 0. The molecule has 0 aliphatic rings. The lowest BCUT2D eigenvalue weighted by molar-refractivity contribution is -0.140. The standard InChI is InChI=1S/C24H23N3O6/c1-15(28)33-22-11-17-19(12-21(22)30-2)26-14-16(13-25)24(17)27-18-7-4-5-8-20(18)32-10-6-9-23(29)31-3/h4-5,7-8,11-12,14H,6,9-10H2,1-3H3,(H,26,27). The van der Waals surface area contributed by atoms with Crippen molar-refractivity contribution in [2.45, 2.75) is 19.8 Å². The van der Waals surface area contributed by atoms with Gasteiger partial charge in [-0.15, -0.1) is 0 Å². The number of para-hydroxylation sites is 2. The van der Waals surface area contributed by atoms with Crippen LogP contribution in [0.4, 0.5) is 11.4 Å². The Balaban J connectivity index is 1.98. The van der Waals surface area contributed by atoms with Crippen LogP contribution in [-0.4, -0.2) is 37.7 Å². The fourth-order valence-electron chi connectivity index (χ4n) is 3.14. The summed E-state index contributed by atoms with van der Waals surface area (Å²) in [4.78, 5) is 27.2. The fourth-order valence-corrected chi connectivity index (χ4v) is 3.14. The zero-order valence-electron chi connectivity index (χ0n) is 18.5. The number of hydrogen-bond donors (Lipinski definition) is 1. The van der Waals surface area contributed by atoms with Crippen molar-refractivity contribution in [2.24, 2.45) is 0 Å². The van der Waals surface area contributed by atoms with Gasteiger partial charge in [-0.05, 0) is 24.6 Å². The zero-order valence-corrected chi connectivity index (χ0v) is 18.5.